The second-order valence-corrected chi connectivity index (χ2v) is 7.75. The van der Waals surface area contributed by atoms with E-state index in [9.17, 15) is 9.59 Å². The van der Waals surface area contributed by atoms with Crippen molar-refractivity contribution >= 4 is 11.9 Å². The van der Waals surface area contributed by atoms with E-state index in [0.717, 1.165) is 12.8 Å². The average Bonchev–Trinajstić information content (AvgIpc) is 2.60. The fourth-order valence-electron chi connectivity index (χ4n) is 3.28. The summed E-state index contributed by atoms with van der Waals surface area (Å²) in [6, 6.07) is 0.147. The van der Waals surface area contributed by atoms with E-state index >= 15 is 0 Å². The highest BCUT2D eigenvalue weighted by Gasteiger charge is 2.08. The van der Waals surface area contributed by atoms with Gasteiger partial charge in [-0.1, -0.05) is 96.8 Å². The number of hydrogen-bond acceptors (Lipinski definition) is 2. The number of unbranched alkanes of at least 4 members (excludes halogenated alkanes) is 13. The van der Waals surface area contributed by atoms with Gasteiger partial charge in [0.1, 0.15) is 0 Å². The SMILES string of the molecule is CCCCCCCCCCCCCCCCC(C)NC(=O)CCC(=O)O. The van der Waals surface area contributed by atoms with E-state index in [1.165, 1.54) is 83.5 Å². The van der Waals surface area contributed by atoms with Crippen LogP contribution < -0.4 is 5.32 Å². The van der Waals surface area contributed by atoms with Crippen molar-refractivity contribution in [1.29, 1.82) is 0 Å². The first-order chi connectivity index (χ1) is 12.6. The van der Waals surface area contributed by atoms with Crippen molar-refractivity contribution in [3.63, 3.8) is 0 Å². The van der Waals surface area contributed by atoms with E-state index in [2.05, 4.69) is 12.2 Å². The fraction of sp³-hybridized carbons (Fsp3) is 0.909. The predicted molar refractivity (Wildman–Crippen MR) is 109 cm³/mol. The number of hydrogen-bond donors (Lipinski definition) is 2. The number of carboxylic acids is 1. The largest absolute Gasteiger partial charge is 0.481 e. The van der Waals surface area contributed by atoms with Gasteiger partial charge in [0.2, 0.25) is 5.91 Å². The number of aliphatic carboxylic acids is 1. The molecule has 0 spiro atoms. The zero-order valence-corrected chi connectivity index (χ0v) is 17.4. The van der Waals surface area contributed by atoms with Gasteiger partial charge in [-0.3, -0.25) is 9.59 Å². The number of amides is 1. The molecular weight excluding hydrogens is 326 g/mol. The van der Waals surface area contributed by atoms with Gasteiger partial charge >= 0.3 is 5.97 Å². The molecule has 0 saturated carbocycles. The smallest absolute Gasteiger partial charge is 0.303 e. The summed E-state index contributed by atoms with van der Waals surface area (Å²) in [5.74, 6) is -1.06. The Balaban J connectivity index is 3.25. The Kier molecular flexibility index (Phi) is 18.0. The van der Waals surface area contributed by atoms with Gasteiger partial charge in [0.05, 0.1) is 6.42 Å². The fourth-order valence-corrected chi connectivity index (χ4v) is 3.28. The first-order valence-corrected chi connectivity index (χ1v) is 11.1. The van der Waals surface area contributed by atoms with Crippen LogP contribution in [0, 0.1) is 0 Å². The quantitative estimate of drug-likeness (QED) is 0.265. The zero-order chi connectivity index (χ0) is 19.5. The second-order valence-electron chi connectivity index (χ2n) is 7.75. The van der Waals surface area contributed by atoms with E-state index in [-0.39, 0.29) is 24.8 Å². The molecular formula is C22H43NO3. The van der Waals surface area contributed by atoms with E-state index in [0.29, 0.717) is 0 Å². The van der Waals surface area contributed by atoms with Crippen molar-refractivity contribution in [2.24, 2.45) is 0 Å². The molecule has 0 bridgehead atoms. The summed E-state index contributed by atoms with van der Waals surface area (Å²) in [5, 5.41) is 11.4. The van der Waals surface area contributed by atoms with Crippen molar-refractivity contribution in [1.82, 2.24) is 5.32 Å². The summed E-state index contributed by atoms with van der Waals surface area (Å²) < 4.78 is 0. The van der Waals surface area contributed by atoms with E-state index in [1.807, 2.05) is 6.92 Å². The lowest BCUT2D eigenvalue weighted by Gasteiger charge is -2.13. The molecule has 0 aliphatic carbocycles. The topological polar surface area (TPSA) is 66.4 Å². The van der Waals surface area contributed by atoms with Crippen molar-refractivity contribution in [2.75, 3.05) is 0 Å². The van der Waals surface area contributed by atoms with Gasteiger partial charge in [0.15, 0.2) is 0 Å². The summed E-state index contributed by atoms with van der Waals surface area (Å²) in [7, 11) is 0. The number of carboxylic acid groups (broad SMARTS) is 1. The maximum absolute atomic E-state index is 11.5. The molecule has 0 fully saturated rings. The standard InChI is InChI=1S/C22H43NO3/c1-3-4-5-6-7-8-9-10-11-12-13-14-15-16-17-20(2)23-21(24)18-19-22(25)26/h20H,3-19H2,1-2H3,(H,23,24)(H,25,26). The summed E-state index contributed by atoms with van der Waals surface area (Å²) in [6.07, 6.45) is 19.9. The van der Waals surface area contributed by atoms with Crippen LogP contribution in [-0.4, -0.2) is 23.0 Å². The Morgan fingerprint density at radius 1 is 0.731 bits per heavy atom. The zero-order valence-electron chi connectivity index (χ0n) is 17.4. The molecule has 1 atom stereocenters. The van der Waals surface area contributed by atoms with Crippen LogP contribution in [0.1, 0.15) is 123 Å². The molecule has 0 heterocycles. The van der Waals surface area contributed by atoms with Crippen molar-refractivity contribution in [3.8, 4) is 0 Å². The first kappa shape index (κ1) is 24.9. The molecule has 154 valence electrons. The summed E-state index contributed by atoms with van der Waals surface area (Å²) in [5.41, 5.74) is 0. The Morgan fingerprint density at radius 3 is 1.58 bits per heavy atom. The van der Waals surface area contributed by atoms with Crippen LogP contribution in [0.3, 0.4) is 0 Å². The Hall–Kier alpha value is -1.06. The highest BCUT2D eigenvalue weighted by molar-refractivity contribution is 5.80. The molecule has 26 heavy (non-hydrogen) atoms. The number of carbonyl (C=O) groups is 2. The minimum absolute atomic E-state index is 0.0818. The van der Waals surface area contributed by atoms with Crippen molar-refractivity contribution in [3.05, 3.63) is 0 Å². The van der Waals surface area contributed by atoms with Crippen LogP contribution in [0.25, 0.3) is 0 Å². The third-order valence-electron chi connectivity index (χ3n) is 4.96. The average molecular weight is 370 g/mol. The lowest BCUT2D eigenvalue weighted by Crippen LogP contribution is -2.32. The normalized spacial score (nSPS) is 12.1. The van der Waals surface area contributed by atoms with Crippen molar-refractivity contribution < 1.29 is 14.7 Å². The molecule has 0 aromatic carbocycles. The second kappa shape index (κ2) is 18.7. The van der Waals surface area contributed by atoms with Gasteiger partial charge in [-0.25, -0.2) is 0 Å². The summed E-state index contributed by atoms with van der Waals surface area (Å²) in [6.45, 7) is 4.27. The van der Waals surface area contributed by atoms with Crippen LogP contribution in [0.4, 0.5) is 0 Å². The van der Waals surface area contributed by atoms with Gasteiger partial charge in [0.25, 0.3) is 0 Å². The monoisotopic (exact) mass is 369 g/mol. The van der Waals surface area contributed by atoms with Crippen LogP contribution in [0.5, 0.6) is 0 Å². The van der Waals surface area contributed by atoms with Gasteiger partial charge in [-0.05, 0) is 13.3 Å². The highest BCUT2D eigenvalue weighted by atomic mass is 16.4. The van der Waals surface area contributed by atoms with Crippen LogP contribution in [0.2, 0.25) is 0 Å². The molecule has 0 aromatic heterocycles. The van der Waals surface area contributed by atoms with Crippen molar-refractivity contribution in [2.45, 2.75) is 129 Å². The molecule has 0 aromatic rings. The predicted octanol–water partition coefficient (Wildman–Crippen LogP) is 6.23. The lowest BCUT2D eigenvalue weighted by atomic mass is 10.0. The van der Waals surface area contributed by atoms with Gasteiger partial charge in [-0.2, -0.15) is 0 Å². The third-order valence-corrected chi connectivity index (χ3v) is 4.96. The number of carbonyl (C=O) groups excluding carboxylic acids is 1. The molecule has 1 unspecified atom stereocenters. The van der Waals surface area contributed by atoms with Crippen LogP contribution >= 0.6 is 0 Å². The minimum Gasteiger partial charge on any atom is -0.481 e. The molecule has 4 heteroatoms. The number of nitrogens with one attached hydrogen (secondary N) is 1. The molecule has 0 radical (unpaired) electrons. The molecule has 0 rings (SSSR count). The maximum Gasteiger partial charge on any atom is 0.303 e. The van der Waals surface area contributed by atoms with E-state index in [4.69, 9.17) is 5.11 Å². The Morgan fingerprint density at radius 2 is 1.15 bits per heavy atom. The third kappa shape index (κ3) is 19.3. The van der Waals surface area contributed by atoms with E-state index in [1.54, 1.807) is 0 Å². The first-order valence-electron chi connectivity index (χ1n) is 11.1. The number of rotatable bonds is 19. The van der Waals surface area contributed by atoms with E-state index < -0.39 is 5.97 Å². The Bertz CT molecular complexity index is 344. The van der Waals surface area contributed by atoms with Crippen LogP contribution in [-0.2, 0) is 9.59 Å². The van der Waals surface area contributed by atoms with Gasteiger partial charge < -0.3 is 10.4 Å². The molecule has 2 N–H and O–H groups in total. The van der Waals surface area contributed by atoms with Crippen LogP contribution in [0.15, 0.2) is 0 Å². The lowest BCUT2D eigenvalue weighted by molar-refractivity contribution is -0.138. The summed E-state index contributed by atoms with van der Waals surface area (Å²) in [4.78, 5) is 22.0. The molecule has 1 amide bonds. The van der Waals surface area contributed by atoms with Gasteiger partial charge in [-0.15, -0.1) is 0 Å². The molecule has 4 nitrogen and oxygen atoms in total. The Labute approximate surface area is 161 Å². The minimum atomic E-state index is -0.917. The van der Waals surface area contributed by atoms with Gasteiger partial charge in [0, 0.05) is 12.5 Å². The molecule has 0 aliphatic heterocycles. The highest BCUT2D eigenvalue weighted by Crippen LogP contribution is 2.13. The summed E-state index contributed by atoms with van der Waals surface area (Å²) >= 11 is 0. The maximum atomic E-state index is 11.5. The molecule has 0 saturated heterocycles. The molecule has 0 aliphatic rings.